The third-order valence-electron chi connectivity index (χ3n) is 6.49. The number of benzene rings is 2. The minimum Gasteiger partial charge on any atom is -0.355 e. The van der Waals surface area contributed by atoms with E-state index < -0.39 is 5.41 Å². The Morgan fingerprint density at radius 1 is 1.07 bits per heavy atom. The summed E-state index contributed by atoms with van der Waals surface area (Å²) >= 11 is 6.04. The van der Waals surface area contributed by atoms with Gasteiger partial charge in [0.15, 0.2) is 0 Å². The minimum absolute atomic E-state index is 0.0477. The van der Waals surface area contributed by atoms with Crippen molar-refractivity contribution in [1.29, 1.82) is 0 Å². The number of nitrogens with one attached hydrogen (secondary N) is 2. The average molecular weight is 423 g/mol. The first-order chi connectivity index (χ1) is 14.4. The van der Waals surface area contributed by atoms with Crippen LogP contribution in [-0.2, 0) is 16.6 Å². The predicted molar refractivity (Wildman–Crippen MR) is 122 cm³/mol. The first-order valence-corrected chi connectivity index (χ1v) is 10.9. The lowest BCUT2D eigenvalue weighted by Crippen LogP contribution is -2.43. The molecule has 0 spiro atoms. The van der Waals surface area contributed by atoms with E-state index in [1.807, 2.05) is 50.2 Å². The van der Waals surface area contributed by atoms with Crippen LogP contribution >= 0.6 is 11.6 Å². The van der Waals surface area contributed by atoms with E-state index >= 15 is 0 Å². The highest BCUT2D eigenvalue weighted by Crippen LogP contribution is 2.41. The number of halogens is 1. The number of amides is 1. The predicted octanol–water partition coefficient (Wildman–Crippen LogP) is 4.97. The lowest BCUT2D eigenvalue weighted by Gasteiger charge is -2.28. The van der Waals surface area contributed by atoms with E-state index in [0.717, 1.165) is 53.3 Å². The molecule has 30 heavy (non-hydrogen) atoms. The molecule has 0 unspecified atom stereocenters. The van der Waals surface area contributed by atoms with Gasteiger partial charge in [0.25, 0.3) is 5.56 Å². The number of hydrogen-bond donors (Lipinski definition) is 2. The van der Waals surface area contributed by atoms with Crippen molar-refractivity contribution in [2.24, 2.45) is 0 Å². The number of aryl methyl sites for hydroxylation is 2. The van der Waals surface area contributed by atoms with Crippen molar-refractivity contribution < 1.29 is 4.79 Å². The summed E-state index contributed by atoms with van der Waals surface area (Å²) in [5, 5.41) is 4.84. The van der Waals surface area contributed by atoms with Gasteiger partial charge >= 0.3 is 0 Å². The number of carbonyl (C=O) groups is 1. The third kappa shape index (κ3) is 3.77. The fraction of sp³-hybridized carbons (Fsp3) is 0.360. The highest BCUT2D eigenvalue weighted by molar-refractivity contribution is 6.30. The van der Waals surface area contributed by atoms with E-state index in [1.165, 1.54) is 0 Å². The fourth-order valence-electron chi connectivity index (χ4n) is 4.68. The van der Waals surface area contributed by atoms with Gasteiger partial charge in [-0.1, -0.05) is 48.7 Å². The molecule has 2 N–H and O–H groups in total. The molecule has 1 heterocycles. The van der Waals surface area contributed by atoms with Gasteiger partial charge < -0.3 is 10.3 Å². The van der Waals surface area contributed by atoms with Crippen molar-refractivity contribution in [1.82, 2.24) is 10.3 Å². The van der Waals surface area contributed by atoms with Crippen molar-refractivity contribution in [2.75, 3.05) is 6.54 Å². The molecule has 1 aromatic heterocycles. The summed E-state index contributed by atoms with van der Waals surface area (Å²) in [6.07, 6.45) is 4.27. The molecule has 1 aliphatic carbocycles. The minimum atomic E-state index is -0.492. The summed E-state index contributed by atoms with van der Waals surface area (Å²) in [6, 6.07) is 13.7. The van der Waals surface area contributed by atoms with Gasteiger partial charge in [-0.2, -0.15) is 0 Å². The highest BCUT2D eigenvalue weighted by Gasteiger charge is 2.42. The van der Waals surface area contributed by atoms with Gasteiger partial charge in [-0.25, -0.2) is 0 Å². The molecule has 1 aliphatic rings. The lowest BCUT2D eigenvalue weighted by atomic mass is 9.78. The first kappa shape index (κ1) is 20.7. The van der Waals surface area contributed by atoms with Crippen LogP contribution in [0.2, 0.25) is 5.02 Å². The summed E-state index contributed by atoms with van der Waals surface area (Å²) in [5.41, 5.74) is 4.22. The zero-order chi connectivity index (χ0) is 21.3. The summed E-state index contributed by atoms with van der Waals surface area (Å²) in [6.45, 7) is 4.48. The van der Waals surface area contributed by atoms with Gasteiger partial charge in [0.1, 0.15) is 0 Å². The van der Waals surface area contributed by atoms with Crippen LogP contribution in [0.15, 0.2) is 47.3 Å². The van der Waals surface area contributed by atoms with Crippen LogP contribution in [0.5, 0.6) is 0 Å². The number of H-pyrrole nitrogens is 1. The number of fused-ring (bicyclic) bond motifs is 1. The average Bonchev–Trinajstić information content (AvgIpc) is 3.23. The number of rotatable bonds is 5. The first-order valence-electron chi connectivity index (χ1n) is 10.6. The van der Waals surface area contributed by atoms with Gasteiger partial charge in [0, 0.05) is 22.5 Å². The van der Waals surface area contributed by atoms with Crippen molar-refractivity contribution in [3.05, 3.63) is 80.1 Å². The molecule has 3 aromatic rings. The van der Waals surface area contributed by atoms with Crippen LogP contribution in [0.4, 0.5) is 0 Å². The van der Waals surface area contributed by atoms with Gasteiger partial charge in [-0.15, -0.1) is 0 Å². The SMILES string of the molecule is Cc1ccc(C)c2[nH]c(=O)c(CCNC(=O)C3(c4ccc(Cl)cc4)CCCC3)cc12. The van der Waals surface area contributed by atoms with Crippen LogP contribution < -0.4 is 10.9 Å². The lowest BCUT2D eigenvalue weighted by molar-refractivity contribution is -0.126. The van der Waals surface area contributed by atoms with Crippen LogP contribution in [0, 0.1) is 13.8 Å². The number of aromatic nitrogens is 1. The Balaban J connectivity index is 1.51. The van der Waals surface area contributed by atoms with E-state index in [9.17, 15) is 9.59 Å². The molecular formula is C25H27ClN2O2. The molecule has 0 radical (unpaired) electrons. The normalized spacial score (nSPS) is 15.4. The molecule has 0 aliphatic heterocycles. The highest BCUT2D eigenvalue weighted by atomic mass is 35.5. The molecule has 1 saturated carbocycles. The van der Waals surface area contributed by atoms with Crippen molar-refractivity contribution >= 4 is 28.4 Å². The molecule has 1 fully saturated rings. The standard InChI is InChI=1S/C25H27ClN2O2/c1-16-5-6-17(2)22-21(16)15-18(23(29)28-22)11-14-27-24(30)25(12-3-4-13-25)19-7-9-20(26)10-8-19/h5-10,15H,3-4,11-14H2,1-2H3,(H,27,30)(H,28,29). The summed E-state index contributed by atoms with van der Waals surface area (Å²) < 4.78 is 0. The summed E-state index contributed by atoms with van der Waals surface area (Å²) in [7, 11) is 0. The zero-order valence-electron chi connectivity index (χ0n) is 17.5. The third-order valence-corrected chi connectivity index (χ3v) is 6.74. The van der Waals surface area contributed by atoms with Crippen molar-refractivity contribution in [3.8, 4) is 0 Å². The number of pyridine rings is 1. The van der Waals surface area contributed by atoms with Crippen LogP contribution in [0.1, 0.15) is 47.9 Å². The Morgan fingerprint density at radius 2 is 1.73 bits per heavy atom. The van der Waals surface area contributed by atoms with E-state index in [-0.39, 0.29) is 11.5 Å². The van der Waals surface area contributed by atoms with Gasteiger partial charge in [0.05, 0.1) is 10.9 Å². The Bertz CT molecular complexity index is 1140. The molecule has 0 bridgehead atoms. The van der Waals surface area contributed by atoms with Crippen LogP contribution in [-0.4, -0.2) is 17.4 Å². The van der Waals surface area contributed by atoms with Gasteiger partial charge in [-0.3, -0.25) is 9.59 Å². The van der Waals surface area contributed by atoms with E-state index in [4.69, 9.17) is 11.6 Å². The summed E-state index contributed by atoms with van der Waals surface area (Å²) in [4.78, 5) is 28.8. The fourth-order valence-corrected chi connectivity index (χ4v) is 4.80. The molecule has 4 nitrogen and oxygen atoms in total. The molecule has 4 rings (SSSR count). The summed E-state index contributed by atoms with van der Waals surface area (Å²) in [5.74, 6) is 0.0477. The smallest absolute Gasteiger partial charge is 0.251 e. The Hall–Kier alpha value is -2.59. The Morgan fingerprint density at radius 3 is 2.43 bits per heavy atom. The molecule has 0 saturated heterocycles. The van der Waals surface area contributed by atoms with Crippen LogP contribution in [0.3, 0.4) is 0 Å². The monoisotopic (exact) mass is 422 g/mol. The molecule has 1 amide bonds. The number of hydrogen-bond acceptors (Lipinski definition) is 2. The second-order valence-electron chi connectivity index (χ2n) is 8.41. The number of aromatic amines is 1. The molecule has 0 atom stereocenters. The maximum atomic E-state index is 13.2. The molecule has 5 heteroatoms. The second-order valence-corrected chi connectivity index (χ2v) is 8.85. The quantitative estimate of drug-likeness (QED) is 0.609. The Labute approximate surface area is 181 Å². The van der Waals surface area contributed by atoms with E-state index in [0.29, 0.717) is 23.6 Å². The van der Waals surface area contributed by atoms with Crippen LogP contribution in [0.25, 0.3) is 10.9 Å². The van der Waals surface area contributed by atoms with E-state index in [1.54, 1.807) is 0 Å². The largest absolute Gasteiger partial charge is 0.355 e. The maximum Gasteiger partial charge on any atom is 0.251 e. The maximum absolute atomic E-state index is 13.2. The zero-order valence-corrected chi connectivity index (χ0v) is 18.2. The van der Waals surface area contributed by atoms with E-state index in [2.05, 4.69) is 16.4 Å². The Kier molecular flexibility index (Phi) is 5.70. The second kappa shape index (κ2) is 8.27. The topological polar surface area (TPSA) is 62.0 Å². The molecule has 2 aromatic carbocycles. The van der Waals surface area contributed by atoms with Gasteiger partial charge in [-0.05, 0) is 68.0 Å². The molecular weight excluding hydrogens is 396 g/mol. The number of carbonyl (C=O) groups excluding carboxylic acids is 1. The molecule has 156 valence electrons. The van der Waals surface area contributed by atoms with Gasteiger partial charge in [0.2, 0.25) is 5.91 Å². The van der Waals surface area contributed by atoms with Crippen molar-refractivity contribution in [2.45, 2.75) is 51.4 Å². The van der Waals surface area contributed by atoms with Crippen molar-refractivity contribution in [3.63, 3.8) is 0 Å².